The van der Waals surface area contributed by atoms with Crippen LogP contribution in [-0.2, 0) is 0 Å². The van der Waals surface area contributed by atoms with Crippen molar-refractivity contribution in [3.63, 3.8) is 0 Å². The highest BCUT2D eigenvalue weighted by Crippen LogP contribution is 2.41. The molecule has 36 heavy (non-hydrogen) atoms. The van der Waals surface area contributed by atoms with Gasteiger partial charge in [-0.2, -0.15) is 0 Å². The Bertz CT molecular complexity index is 2290. The molecular formula is C34H25NO. The summed E-state index contributed by atoms with van der Waals surface area (Å²) in [5.41, 5.74) is 1.95. The Hall–Kier alpha value is -4.43. The Morgan fingerprint density at radius 3 is 2.36 bits per heavy atom. The summed E-state index contributed by atoms with van der Waals surface area (Å²) in [5.74, 6) is 0. The average molecular weight is 473 g/mol. The average Bonchev–Trinajstić information content (AvgIpc) is 3.38. The summed E-state index contributed by atoms with van der Waals surface area (Å²) < 4.78 is 79.1. The zero-order chi connectivity index (χ0) is 31.9. The first-order chi connectivity index (χ1) is 21.2. The topological polar surface area (TPSA) is 26.0 Å². The molecule has 0 unspecified atom stereocenters. The number of pyridine rings is 1. The van der Waals surface area contributed by atoms with Crippen LogP contribution in [0.25, 0.3) is 65.9 Å². The Labute approximate surface area is 222 Å². The predicted octanol–water partition coefficient (Wildman–Crippen LogP) is 9.55. The van der Waals surface area contributed by atoms with Gasteiger partial charge in [-0.25, -0.2) is 0 Å². The number of fused-ring (bicyclic) bond motifs is 7. The number of aromatic nitrogens is 1. The van der Waals surface area contributed by atoms with Crippen LogP contribution in [0.15, 0.2) is 102 Å². The second-order valence-corrected chi connectivity index (χ2v) is 8.99. The van der Waals surface area contributed by atoms with Crippen LogP contribution in [0.2, 0.25) is 0 Å². The fraction of sp³-hybridized carbons (Fsp3) is 0.0882. The number of para-hydroxylation sites is 1. The van der Waals surface area contributed by atoms with Crippen LogP contribution < -0.4 is 0 Å². The lowest BCUT2D eigenvalue weighted by molar-refractivity contribution is 0.674. The van der Waals surface area contributed by atoms with Crippen molar-refractivity contribution in [1.29, 1.82) is 0 Å². The normalized spacial score (nSPS) is 16.5. The Balaban J connectivity index is 1.51. The maximum atomic E-state index is 8.20. The SMILES string of the molecule is [2H]C([2H])([2H])c1ccc(-c2cc(-c3cccc4c3oc3c4ccc4ccc5ccccc5c43)ncc2C([2H])([2H])[2H])c(C([2H])([2H])[2H])c1. The lowest BCUT2D eigenvalue weighted by Crippen LogP contribution is -1.92. The van der Waals surface area contributed by atoms with Gasteiger partial charge in [-0.3, -0.25) is 4.98 Å². The molecule has 2 heterocycles. The first kappa shape index (κ1) is 13.6. The molecule has 172 valence electrons. The maximum absolute atomic E-state index is 8.20. The van der Waals surface area contributed by atoms with E-state index < -0.39 is 20.6 Å². The monoisotopic (exact) mass is 472 g/mol. The van der Waals surface area contributed by atoms with Crippen molar-refractivity contribution in [2.24, 2.45) is 0 Å². The molecule has 0 spiro atoms. The van der Waals surface area contributed by atoms with E-state index >= 15 is 0 Å². The number of aryl methyl sites for hydroxylation is 3. The molecule has 5 aromatic carbocycles. The largest absolute Gasteiger partial charge is 0.455 e. The number of benzene rings is 5. The lowest BCUT2D eigenvalue weighted by Gasteiger charge is -2.12. The van der Waals surface area contributed by atoms with Gasteiger partial charge in [0.05, 0.1) is 5.69 Å². The third kappa shape index (κ3) is 3.08. The molecular weight excluding hydrogens is 438 g/mol. The summed E-state index contributed by atoms with van der Waals surface area (Å²) in [5, 5.41) is 5.92. The van der Waals surface area contributed by atoms with Crippen molar-refractivity contribution in [3.05, 3.63) is 114 Å². The molecule has 0 saturated heterocycles. The maximum Gasteiger partial charge on any atom is 0.144 e. The first-order valence-electron chi connectivity index (χ1n) is 16.1. The smallest absolute Gasteiger partial charge is 0.144 e. The zero-order valence-electron chi connectivity index (χ0n) is 28.1. The molecule has 0 fully saturated rings. The van der Waals surface area contributed by atoms with Crippen LogP contribution in [0.1, 0.15) is 29.0 Å². The number of hydrogen-bond donors (Lipinski definition) is 0. The van der Waals surface area contributed by atoms with E-state index in [1.807, 2.05) is 36.4 Å². The molecule has 0 atom stereocenters. The third-order valence-electron chi connectivity index (χ3n) is 6.86. The lowest BCUT2D eigenvalue weighted by atomic mass is 9.94. The van der Waals surface area contributed by atoms with Crippen molar-refractivity contribution in [2.45, 2.75) is 20.6 Å². The molecule has 2 aromatic heterocycles. The summed E-state index contributed by atoms with van der Waals surface area (Å²) >= 11 is 0. The number of nitrogens with zero attached hydrogens (tertiary/aromatic N) is 1. The minimum Gasteiger partial charge on any atom is -0.455 e. The summed E-state index contributed by atoms with van der Waals surface area (Å²) in [6.45, 7) is -7.88. The van der Waals surface area contributed by atoms with Crippen molar-refractivity contribution in [1.82, 2.24) is 4.98 Å². The van der Waals surface area contributed by atoms with E-state index in [1.165, 1.54) is 18.3 Å². The van der Waals surface area contributed by atoms with Gasteiger partial charge in [0.15, 0.2) is 0 Å². The molecule has 0 radical (unpaired) electrons. The van der Waals surface area contributed by atoms with E-state index in [4.69, 9.17) is 16.8 Å². The van der Waals surface area contributed by atoms with Gasteiger partial charge in [0.1, 0.15) is 11.2 Å². The van der Waals surface area contributed by atoms with Gasteiger partial charge >= 0.3 is 0 Å². The van der Waals surface area contributed by atoms with Crippen molar-refractivity contribution in [2.75, 3.05) is 0 Å². The van der Waals surface area contributed by atoms with Crippen LogP contribution in [-0.4, -0.2) is 4.98 Å². The standard InChI is InChI=1S/C34H25NO/c1-20-11-15-25(21(2)17-20)30-18-31(35-19-22(30)3)29-10-6-9-27-28-16-14-24-13-12-23-7-4-5-8-26(23)32(24)34(28)36-33(27)29/h4-19H,1-3H3/i1D3,2D3,3D3. The molecule has 2 heteroatoms. The van der Waals surface area contributed by atoms with Gasteiger partial charge in [-0.05, 0) is 77.2 Å². The predicted molar refractivity (Wildman–Crippen MR) is 152 cm³/mol. The summed E-state index contributed by atoms with van der Waals surface area (Å²) in [7, 11) is 0. The minimum atomic E-state index is -2.71. The second kappa shape index (κ2) is 7.79. The van der Waals surface area contributed by atoms with Crippen molar-refractivity contribution in [3.8, 4) is 22.4 Å². The first-order valence-corrected chi connectivity index (χ1v) is 11.6. The van der Waals surface area contributed by atoms with E-state index in [-0.39, 0.29) is 27.8 Å². The Morgan fingerprint density at radius 1 is 0.611 bits per heavy atom. The number of furan rings is 1. The summed E-state index contributed by atoms with van der Waals surface area (Å²) in [6, 6.07) is 27.3. The van der Waals surface area contributed by atoms with Gasteiger partial charge in [0.2, 0.25) is 0 Å². The van der Waals surface area contributed by atoms with E-state index in [0.29, 0.717) is 16.8 Å². The molecule has 0 bridgehead atoms. The molecule has 0 aliphatic heterocycles. The fourth-order valence-electron chi connectivity index (χ4n) is 5.15. The van der Waals surface area contributed by atoms with Crippen LogP contribution in [0.3, 0.4) is 0 Å². The summed E-state index contributed by atoms with van der Waals surface area (Å²) in [4.78, 5) is 4.53. The van der Waals surface area contributed by atoms with Crippen LogP contribution in [0, 0.1) is 20.6 Å². The summed E-state index contributed by atoms with van der Waals surface area (Å²) in [6.07, 6.45) is 1.24. The third-order valence-corrected chi connectivity index (χ3v) is 6.86. The van der Waals surface area contributed by atoms with Gasteiger partial charge in [0.25, 0.3) is 0 Å². The van der Waals surface area contributed by atoms with Gasteiger partial charge in [-0.15, -0.1) is 0 Å². The molecule has 0 aliphatic carbocycles. The highest BCUT2D eigenvalue weighted by Gasteiger charge is 2.17. The molecule has 7 aromatic rings. The van der Waals surface area contributed by atoms with E-state index in [2.05, 4.69) is 35.3 Å². The van der Waals surface area contributed by atoms with Crippen molar-refractivity contribution >= 4 is 43.5 Å². The van der Waals surface area contributed by atoms with Gasteiger partial charge < -0.3 is 4.42 Å². The molecule has 0 saturated carbocycles. The second-order valence-electron chi connectivity index (χ2n) is 8.99. The number of hydrogen-bond acceptors (Lipinski definition) is 2. The highest BCUT2D eigenvalue weighted by molar-refractivity contribution is 6.23. The van der Waals surface area contributed by atoms with Crippen LogP contribution in [0.5, 0.6) is 0 Å². The minimum absolute atomic E-state index is 0.104. The van der Waals surface area contributed by atoms with E-state index in [1.54, 1.807) is 6.07 Å². The van der Waals surface area contributed by atoms with Crippen LogP contribution >= 0.6 is 0 Å². The molecule has 2 nitrogen and oxygen atoms in total. The van der Waals surface area contributed by atoms with Gasteiger partial charge in [-0.1, -0.05) is 78.4 Å². The molecule has 0 amide bonds. The molecule has 7 rings (SSSR count). The number of rotatable bonds is 2. The molecule has 0 aliphatic rings. The van der Waals surface area contributed by atoms with Crippen molar-refractivity contribution < 1.29 is 16.8 Å². The fourth-order valence-corrected chi connectivity index (χ4v) is 5.15. The van der Waals surface area contributed by atoms with E-state index in [0.717, 1.165) is 44.0 Å². The highest BCUT2D eigenvalue weighted by atomic mass is 16.3. The Kier molecular flexibility index (Phi) is 2.94. The zero-order valence-corrected chi connectivity index (χ0v) is 19.1. The van der Waals surface area contributed by atoms with Crippen LogP contribution in [0.4, 0.5) is 0 Å². The Morgan fingerprint density at radius 2 is 1.44 bits per heavy atom. The van der Waals surface area contributed by atoms with Gasteiger partial charge in [0, 0.05) is 40.3 Å². The quantitative estimate of drug-likeness (QED) is 0.234. The van der Waals surface area contributed by atoms with E-state index in [9.17, 15) is 0 Å². The molecule has 0 N–H and O–H groups in total.